The Labute approximate surface area is 425 Å². The van der Waals surface area contributed by atoms with Crippen LogP contribution in [-0.4, -0.2) is 49.6 Å². The standard InChI is InChI=1S/C9H10N4.C8H6N2O2.C8H11N.C7H6BrNO2.C7H6ClNO2.C7H6FNO2.C2H3N3/c1-7-4-8(10)2-3-9(7)13-6-11-5-12-13;1-6-5-7(10(11)12)3-4-8(6)9-2;1-6-3-4-8(9)5-7(6)2;3*1-5-4-6(9(10)11)2-3-7(5)8;1-3-2-5-4-1/h2-6H,10H2,1H3;3-5H,1H3;3-5H,9H2,1-2H3;3*2-4H,1H3;1-2H,(H,3,4,5). The van der Waals surface area contributed by atoms with E-state index < -0.39 is 25.5 Å². The molecule has 2 aromatic heterocycles. The van der Waals surface area contributed by atoms with Gasteiger partial charge in [-0.15, -0.1) is 0 Å². The monoisotopic (exact) mass is 1070 g/mol. The Morgan fingerprint density at radius 3 is 1.50 bits per heavy atom. The highest BCUT2D eigenvalue weighted by Crippen LogP contribution is 2.24. The molecule has 6 aromatic carbocycles. The van der Waals surface area contributed by atoms with Gasteiger partial charge in [0.1, 0.15) is 31.1 Å². The molecule has 0 aliphatic heterocycles. The number of halogens is 3. The lowest BCUT2D eigenvalue weighted by molar-refractivity contribution is -0.385. The minimum Gasteiger partial charge on any atom is -0.399 e. The smallest absolute Gasteiger partial charge is 0.269 e. The van der Waals surface area contributed by atoms with Gasteiger partial charge in [0.05, 0.1) is 32.0 Å². The number of nitrogen functional groups attached to an aromatic ring is 2. The lowest BCUT2D eigenvalue weighted by Gasteiger charge is -2.04. The Morgan fingerprint density at radius 1 is 0.597 bits per heavy atom. The van der Waals surface area contributed by atoms with Crippen LogP contribution in [0.1, 0.15) is 38.9 Å². The number of nitrogens with one attached hydrogen (secondary N) is 1. The van der Waals surface area contributed by atoms with E-state index in [1.54, 1.807) is 30.9 Å². The predicted octanol–water partition coefficient (Wildman–Crippen LogP) is 12.6. The van der Waals surface area contributed by atoms with Crippen molar-refractivity contribution in [2.75, 3.05) is 11.5 Å². The van der Waals surface area contributed by atoms with Crippen LogP contribution < -0.4 is 11.5 Å². The van der Waals surface area contributed by atoms with E-state index in [0.29, 0.717) is 21.8 Å². The average molecular weight is 1070 g/mol. The van der Waals surface area contributed by atoms with E-state index in [1.807, 2.05) is 50.2 Å². The molecule has 8 aromatic rings. The van der Waals surface area contributed by atoms with E-state index >= 15 is 0 Å². The summed E-state index contributed by atoms with van der Waals surface area (Å²) in [6, 6.07) is 28.3. The number of H-pyrrole nitrogens is 1. The van der Waals surface area contributed by atoms with Gasteiger partial charge in [-0.1, -0.05) is 33.6 Å². The molecule has 0 saturated heterocycles. The number of benzene rings is 6. The average Bonchev–Trinajstić information content (AvgIpc) is 4.11. The van der Waals surface area contributed by atoms with E-state index in [1.165, 1.54) is 91.6 Å². The number of nitro groups is 4. The minimum absolute atomic E-state index is 0.0277. The molecule has 0 unspecified atom stereocenters. The predicted molar refractivity (Wildman–Crippen MR) is 277 cm³/mol. The van der Waals surface area contributed by atoms with Crippen LogP contribution in [0.25, 0.3) is 10.5 Å². The van der Waals surface area contributed by atoms with E-state index in [2.05, 4.69) is 59.9 Å². The maximum Gasteiger partial charge on any atom is 0.269 e. The van der Waals surface area contributed by atoms with Gasteiger partial charge in [0, 0.05) is 69.4 Å². The van der Waals surface area contributed by atoms with Crippen molar-refractivity contribution in [3.05, 3.63) is 241 Å². The fourth-order valence-corrected chi connectivity index (χ4v) is 5.67. The number of aryl methyl sites for hydroxylation is 7. The topological polar surface area (TPSA) is 301 Å². The van der Waals surface area contributed by atoms with Crippen LogP contribution in [0.3, 0.4) is 0 Å². The molecule has 0 radical (unpaired) electrons. The van der Waals surface area contributed by atoms with Gasteiger partial charge in [-0.25, -0.2) is 23.9 Å². The summed E-state index contributed by atoms with van der Waals surface area (Å²) in [4.78, 5) is 49.7. The molecule has 0 atom stereocenters. The summed E-state index contributed by atoms with van der Waals surface area (Å²) in [7, 11) is 0. The maximum absolute atomic E-state index is 12.5. The van der Waals surface area contributed by atoms with Gasteiger partial charge in [-0.05, 0) is 142 Å². The Bertz CT molecular complexity index is 2960. The summed E-state index contributed by atoms with van der Waals surface area (Å²) in [5.41, 5.74) is 20.6. The van der Waals surface area contributed by atoms with Crippen molar-refractivity contribution in [1.82, 2.24) is 29.9 Å². The van der Waals surface area contributed by atoms with Crippen molar-refractivity contribution in [3.8, 4) is 5.69 Å². The molecule has 0 fully saturated rings. The quantitative estimate of drug-likeness (QED) is 0.0625. The molecular formula is C48H48BrClFN13O8. The van der Waals surface area contributed by atoms with Crippen molar-refractivity contribution in [2.24, 2.45) is 0 Å². The Kier molecular flexibility index (Phi) is 24.5. The maximum atomic E-state index is 12.5. The largest absolute Gasteiger partial charge is 0.399 e. The van der Waals surface area contributed by atoms with E-state index in [0.717, 1.165) is 50.4 Å². The lowest BCUT2D eigenvalue weighted by atomic mass is 10.1. The molecule has 2 heterocycles. The first kappa shape index (κ1) is 59.1. The van der Waals surface area contributed by atoms with Crippen LogP contribution in [0.5, 0.6) is 0 Å². The molecule has 72 heavy (non-hydrogen) atoms. The zero-order valence-corrected chi connectivity index (χ0v) is 42.1. The molecule has 0 spiro atoms. The van der Waals surface area contributed by atoms with Crippen LogP contribution in [0, 0.1) is 101 Å². The lowest BCUT2D eigenvalue weighted by Crippen LogP contribution is -1.98. The van der Waals surface area contributed by atoms with Crippen molar-refractivity contribution in [1.29, 1.82) is 0 Å². The summed E-state index contributed by atoms with van der Waals surface area (Å²) >= 11 is 8.92. The summed E-state index contributed by atoms with van der Waals surface area (Å²) in [5.74, 6) is -0.421. The molecule has 0 bridgehead atoms. The molecule has 0 saturated carbocycles. The number of hydrogen-bond acceptors (Lipinski definition) is 14. The number of aromatic nitrogens is 6. The molecule has 0 aliphatic rings. The highest BCUT2D eigenvalue weighted by molar-refractivity contribution is 9.10. The third-order valence-electron chi connectivity index (χ3n) is 9.32. The fraction of sp³-hybridized carbons (Fsp3) is 0.146. The zero-order chi connectivity index (χ0) is 54.1. The van der Waals surface area contributed by atoms with Gasteiger partial charge in [0.25, 0.3) is 22.7 Å². The zero-order valence-electron chi connectivity index (χ0n) is 39.7. The number of hydrogen-bond donors (Lipinski definition) is 3. The Hall–Kier alpha value is -9.01. The van der Waals surface area contributed by atoms with Gasteiger partial charge < -0.3 is 11.5 Å². The van der Waals surface area contributed by atoms with Crippen molar-refractivity contribution < 1.29 is 24.1 Å². The highest BCUT2D eigenvalue weighted by atomic mass is 79.9. The second-order valence-corrected chi connectivity index (χ2v) is 16.1. The number of non-ortho nitro benzene ring substituents is 4. The molecule has 0 amide bonds. The summed E-state index contributed by atoms with van der Waals surface area (Å²) in [6.07, 6.45) is 6.13. The van der Waals surface area contributed by atoms with Gasteiger partial charge in [-0.2, -0.15) is 10.2 Å². The Balaban J connectivity index is 0.000000291. The summed E-state index contributed by atoms with van der Waals surface area (Å²) in [6.45, 7) is 19.6. The van der Waals surface area contributed by atoms with Gasteiger partial charge in [0.2, 0.25) is 0 Å². The van der Waals surface area contributed by atoms with Crippen LogP contribution in [0.2, 0.25) is 5.02 Å². The van der Waals surface area contributed by atoms with Crippen molar-refractivity contribution >= 4 is 67.3 Å². The second kappa shape index (κ2) is 29.8. The SMILES string of the molecule is Cc1cc(N)ccc1-n1cncn1.Cc1cc([N+](=O)[O-])ccc1Br.Cc1cc([N+](=O)[O-])ccc1Cl.Cc1cc([N+](=O)[O-])ccc1F.Cc1ccc(N)cc1C.[C-]#[N+]c1ccc([N+](=O)[O-])cc1C.c1nc[nH]n1. The first-order valence-electron chi connectivity index (χ1n) is 20.6. The first-order valence-corrected chi connectivity index (χ1v) is 21.8. The minimum atomic E-state index is -0.549. The molecule has 8 rings (SSSR count). The number of rotatable bonds is 5. The van der Waals surface area contributed by atoms with Crippen LogP contribution in [-0.2, 0) is 0 Å². The number of aromatic amines is 1. The molecule has 21 nitrogen and oxygen atoms in total. The van der Waals surface area contributed by atoms with Crippen LogP contribution in [0.15, 0.2) is 139 Å². The number of nitrogens with two attached hydrogens (primary N) is 2. The summed E-state index contributed by atoms with van der Waals surface area (Å²) < 4.78 is 15.1. The van der Waals surface area contributed by atoms with Crippen molar-refractivity contribution in [2.45, 2.75) is 48.5 Å². The Morgan fingerprint density at radius 2 is 1.10 bits per heavy atom. The highest BCUT2D eigenvalue weighted by Gasteiger charge is 2.09. The number of nitro benzene ring substituents is 4. The third-order valence-corrected chi connectivity index (χ3v) is 10.6. The number of nitrogens with zero attached hydrogens (tertiary/aromatic N) is 10. The molecule has 24 heteroatoms. The van der Waals surface area contributed by atoms with Gasteiger partial charge >= 0.3 is 0 Å². The van der Waals surface area contributed by atoms with Gasteiger partial charge in [-0.3, -0.25) is 45.6 Å². The normalized spacial score (nSPS) is 9.51. The molecular weight excluding hydrogens is 1020 g/mol. The fourth-order valence-electron chi connectivity index (χ4n) is 5.31. The van der Waals surface area contributed by atoms with Crippen molar-refractivity contribution in [3.63, 3.8) is 0 Å². The first-order chi connectivity index (χ1) is 33.9. The van der Waals surface area contributed by atoms with E-state index in [4.69, 9.17) is 29.6 Å². The third kappa shape index (κ3) is 20.7. The second-order valence-electron chi connectivity index (χ2n) is 14.8. The molecule has 0 aliphatic carbocycles. The van der Waals surface area contributed by atoms with E-state index in [9.17, 15) is 44.8 Å². The number of anilines is 2. The van der Waals surface area contributed by atoms with E-state index in [-0.39, 0.29) is 22.7 Å². The van der Waals surface area contributed by atoms with Crippen LogP contribution >= 0.6 is 27.5 Å². The molecule has 5 N–H and O–H groups in total. The molecule has 374 valence electrons. The summed E-state index contributed by atoms with van der Waals surface area (Å²) in [5, 5.41) is 51.5. The van der Waals surface area contributed by atoms with Gasteiger partial charge in [0.15, 0.2) is 5.69 Å². The van der Waals surface area contributed by atoms with Crippen LogP contribution in [0.4, 0.5) is 44.2 Å².